The Morgan fingerprint density at radius 1 is 0.966 bits per heavy atom. The van der Waals surface area contributed by atoms with Gasteiger partial charge in [0.25, 0.3) is 0 Å². The fraction of sp³-hybridized carbons (Fsp3) is 0.742. The average molecular weight is 922 g/mol. The zero-order valence-corrected chi connectivity index (χ0v) is 36.2. The Morgan fingerprint density at radius 3 is 2.31 bits per heavy atom. The van der Waals surface area contributed by atoms with Crippen molar-refractivity contribution in [1.82, 2.24) is 30.2 Å². The number of phosphoric ester groups is 3. The van der Waals surface area contributed by atoms with Gasteiger partial charge >= 0.3 is 23.5 Å². The first-order valence-electron chi connectivity index (χ1n) is 18.6. The van der Waals surface area contributed by atoms with Crippen LogP contribution in [0.3, 0.4) is 0 Å². The number of phosphoric acid groups is 3. The Bertz CT molecular complexity index is 1850. The van der Waals surface area contributed by atoms with Crippen molar-refractivity contribution in [3.8, 4) is 0 Å². The summed E-state index contributed by atoms with van der Waals surface area (Å²) in [5.41, 5.74) is 4.28. The van der Waals surface area contributed by atoms with Crippen molar-refractivity contribution in [1.29, 1.82) is 0 Å². The predicted octanol–water partition coefficient (Wildman–Crippen LogP) is 1.81. The van der Waals surface area contributed by atoms with Crippen LogP contribution in [0.1, 0.15) is 84.8 Å². The Balaban J connectivity index is 1.42. The maximum absolute atomic E-state index is 12.7. The highest BCUT2D eigenvalue weighted by molar-refractivity contribution is 8.13. The first-order valence-corrected chi connectivity index (χ1v) is 24.1. The maximum Gasteiger partial charge on any atom is 0.481 e. The lowest BCUT2D eigenvalue weighted by Gasteiger charge is -2.30. The van der Waals surface area contributed by atoms with Crippen LogP contribution in [0.2, 0.25) is 0 Å². The van der Waals surface area contributed by atoms with Crippen LogP contribution in [0.25, 0.3) is 11.2 Å². The second-order valence-corrected chi connectivity index (χ2v) is 19.5. The van der Waals surface area contributed by atoms with Crippen molar-refractivity contribution in [3.05, 3.63) is 12.7 Å². The first-order chi connectivity index (χ1) is 27.6. The van der Waals surface area contributed by atoms with E-state index in [4.69, 9.17) is 19.5 Å². The highest BCUT2D eigenvalue weighted by atomic mass is 32.2. The van der Waals surface area contributed by atoms with Gasteiger partial charge in [0.15, 0.2) is 22.8 Å². The van der Waals surface area contributed by atoms with E-state index in [1.807, 2.05) is 0 Å². The van der Waals surface area contributed by atoms with E-state index in [1.54, 1.807) is 0 Å². The Kier molecular flexibility index (Phi) is 20.0. The van der Waals surface area contributed by atoms with Gasteiger partial charge in [-0.25, -0.2) is 28.6 Å². The maximum atomic E-state index is 12.7. The molecular weight excluding hydrogens is 867 g/mol. The van der Waals surface area contributed by atoms with E-state index in [0.717, 1.165) is 48.2 Å². The van der Waals surface area contributed by atoms with Gasteiger partial charge in [-0.15, -0.1) is 0 Å². The number of nitrogens with two attached hydrogens (primary N) is 1. The number of carbonyl (C=O) groups excluding carboxylic acids is 3. The molecule has 7 atom stereocenters. The third-order valence-corrected chi connectivity index (χ3v) is 12.8. The van der Waals surface area contributed by atoms with Gasteiger partial charge in [-0.1, -0.05) is 71.1 Å². The summed E-state index contributed by atoms with van der Waals surface area (Å²) in [5.74, 6) is -1.03. The molecule has 2 amide bonds. The molecule has 0 aliphatic carbocycles. The number of nitrogens with zero attached hydrogens (tertiary/aromatic N) is 4. The molecule has 2 aromatic heterocycles. The smallest absolute Gasteiger partial charge is 0.386 e. The van der Waals surface area contributed by atoms with Crippen molar-refractivity contribution in [3.63, 3.8) is 0 Å². The number of nitrogens with one attached hydrogen (secondary N) is 2. The van der Waals surface area contributed by atoms with Crippen LogP contribution in [-0.2, 0) is 50.7 Å². The number of anilines is 1. The normalized spacial score (nSPS) is 21.2. The second kappa shape index (κ2) is 23.1. The Hall–Kier alpha value is -2.44. The van der Waals surface area contributed by atoms with Crippen LogP contribution >= 0.6 is 35.2 Å². The summed E-state index contributed by atoms with van der Waals surface area (Å²) in [6, 6.07) is 0. The number of nitrogen functional groups attached to an aromatic ring is 1. The molecule has 10 N–H and O–H groups in total. The summed E-state index contributed by atoms with van der Waals surface area (Å²) in [4.78, 5) is 87.8. The van der Waals surface area contributed by atoms with Crippen LogP contribution in [0.15, 0.2) is 12.7 Å². The molecule has 0 bridgehead atoms. The number of rotatable bonds is 27. The van der Waals surface area contributed by atoms with Crippen LogP contribution < -0.4 is 16.4 Å². The molecule has 24 nitrogen and oxygen atoms in total. The van der Waals surface area contributed by atoms with E-state index in [2.05, 4.69) is 41.3 Å². The van der Waals surface area contributed by atoms with Crippen LogP contribution in [0.5, 0.6) is 0 Å². The van der Waals surface area contributed by atoms with Crippen molar-refractivity contribution < 1.29 is 80.5 Å². The number of aliphatic hydroxyl groups is 2. The standard InChI is InChI=1S/C31H54N7O17P3S/c1-4-5-6-7-8-9-10-11-22(40)59-15-14-33-21(39)12-13-34-29(43)26(42)31(2,3)17-52-58(49,50)55-57(47,48)51-16-20-25(54-56(44,45)46)24(41)30(53-20)38-19-37-23-27(32)35-18-36-28(23)38/h18-20,24-26,30,41-42H,4-17H2,1-3H3,(H,33,39)(H,34,43)(H,47,48)(H,49,50)(H2,32,35,36)(H2,44,45,46)/t20-,24-,25+,26+,30-/m1/s1. The van der Waals surface area contributed by atoms with Crippen LogP contribution in [0.4, 0.5) is 5.82 Å². The molecule has 1 aliphatic rings. The number of hydrogen-bond acceptors (Lipinski definition) is 18. The second-order valence-electron chi connectivity index (χ2n) is 14.2. The fourth-order valence-corrected chi connectivity index (χ4v) is 9.14. The lowest BCUT2D eigenvalue weighted by molar-refractivity contribution is -0.137. The number of ether oxygens (including phenoxy) is 1. The molecule has 1 aliphatic heterocycles. The van der Waals surface area contributed by atoms with Gasteiger partial charge in [-0.3, -0.25) is 32.5 Å². The van der Waals surface area contributed by atoms with Gasteiger partial charge < -0.3 is 50.9 Å². The van der Waals surface area contributed by atoms with Gasteiger partial charge in [-0.05, 0) is 6.42 Å². The minimum Gasteiger partial charge on any atom is -0.386 e. The van der Waals surface area contributed by atoms with Gasteiger partial charge in [0.1, 0.15) is 36.3 Å². The highest BCUT2D eigenvalue weighted by Gasteiger charge is 2.50. The monoisotopic (exact) mass is 921 g/mol. The summed E-state index contributed by atoms with van der Waals surface area (Å²) >= 11 is 1.14. The zero-order chi connectivity index (χ0) is 44.0. The summed E-state index contributed by atoms with van der Waals surface area (Å²) in [6.07, 6.45) is 1.35. The molecule has 1 fully saturated rings. The molecule has 2 unspecified atom stereocenters. The Morgan fingerprint density at radius 2 is 1.63 bits per heavy atom. The van der Waals surface area contributed by atoms with E-state index < -0.39 is 84.6 Å². The van der Waals surface area contributed by atoms with E-state index in [0.29, 0.717) is 12.2 Å². The van der Waals surface area contributed by atoms with Gasteiger partial charge in [0.05, 0.1) is 19.5 Å². The molecule has 0 spiro atoms. The molecule has 3 heterocycles. The lowest BCUT2D eigenvalue weighted by Crippen LogP contribution is -2.46. The summed E-state index contributed by atoms with van der Waals surface area (Å²) in [7, 11) is -16.4. The van der Waals surface area contributed by atoms with Gasteiger partial charge in [0.2, 0.25) is 11.8 Å². The molecule has 0 aromatic carbocycles. The minimum atomic E-state index is -5.57. The third-order valence-electron chi connectivity index (χ3n) is 8.75. The molecule has 0 radical (unpaired) electrons. The summed E-state index contributed by atoms with van der Waals surface area (Å²) < 4.78 is 62.2. The van der Waals surface area contributed by atoms with E-state index >= 15 is 0 Å². The Labute approximate surface area is 344 Å². The molecule has 28 heteroatoms. The van der Waals surface area contributed by atoms with E-state index in [1.165, 1.54) is 39.5 Å². The van der Waals surface area contributed by atoms with Crippen molar-refractivity contribution in [2.75, 3.05) is 37.8 Å². The highest BCUT2D eigenvalue weighted by Crippen LogP contribution is 2.61. The predicted molar refractivity (Wildman–Crippen MR) is 210 cm³/mol. The largest absolute Gasteiger partial charge is 0.481 e. The molecule has 2 aromatic rings. The number of aromatic nitrogens is 4. The topological polar surface area (TPSA) is 364 Å². The summed E-state index contributed by atoms with van der Waals surface area (Å²) in [5, 5.41) is 26.5. The number of fused-ring (bicyclic) bond motifs is 1. The lowest BCUT2D eigenvalue weighted by atomic mass is 9.87. The van der Waals surface area contributed by atoms with Crippen LogP contribution in [-0.4, -0.2) is 123 Å². The first kappa shape index (κ1) is 50.9. The fourth-order valence-electron chi connectivity index (χ4n) is 5.59. The van der Waals surface area contributed by atoms with Gasteiger partial charge in [0, 0.05) is 37.1 Å². The number of thioether (sulfide) groups is 1. The van der Waals surface area contributed by atoms with E-state index in [-0.39, 0.29) is 41.6 Å². The molecule has 1 saturated heterocycles. The molecule has 59 heavy (non-hydrogen) atoms. The number of amides is 2. The van der Waals surface area contributed by atoms with Crippen LogP contribution in [0, 0.1) is 5.41 Å². The van der Waals surface area contributed by atoms with Crippen molar-refractivity contribution in [2.45, 2.75) is 109 Å². The minimum absolute atomic E-state index is 0.0329. The number of hydrogen-bond donors (Lipinski definition) is 9. The van der Waals surface area contributed by atoms with Crippen molar-refractivity contribution in [2.24, 2.45) is 5.41 Å². The van der Waals surface area contributed by atoms with E-state index in [9.17, 15) is 57.9 Å². The molecule has 336 valence electrons. The van der Waals surface area contributed by atoms with Crippen molar-refractivity contribution >= 4 is 69.1 Å². The zero-order valence-electron chi connectivity index (χ0n) is 32.7. The number of carbonyl (C=O) groups is 3. The number of imidazole rings is 1. The quantitative estimate of drug-likeness (QED) is 0.0455. The summed E-state index contributed by atoms with van der Waals surface area (Å²) in [6.45, 7) is 2.73. The number of unbranched alkanes of at least 4 members (excludes halogenated alkanes) is 6. The third kappa shape index (κ3) is 17.1. The number of aliphatic hydroxyl groups excluding tert-OH is 2. The molecule has 3 rings (SSSR count). The van der Waals surface area contributed by atoms with Gasteiger partial charge in [-0.2, -0.15) is 4.31 Å². The molecule has 0 saturated carbocycles. The molecular formula is C31H54N7O17P3S. The SMILES string of the molecule is CCCCCCCCCC(=O)SCCNC(=O)CCNC(=O)[C@H](O)C(C)(C)COP(=O)(O)OP(=O)(O)OC[C@H]1O[C@@H](n2cnc3c(N)ncnc32)[C@H](O)[C@H]1OP(=O)(O)O. The average Bonchev–Trinajstić information content (AvgIpc) is 3.71.